The van der Waals surface area contributed by atoms with Gasteiger partial charge in [0.1, 0.15) is 5.82 Å². The van der Waals surface area contributed by atoms with E-state index >= 15 is 0 Å². The van der Waals surface area contributed by atoms with Gasteiger partial charge in [-0.1, -0.05) is 12.7 Å². The lowest BCUT2D eigenvalue weighted by molar-refractivity contribution is 0.776. The zero-order valence-corrected chi connectivity index (χ0v) is 8.41. The van der Waals surface area contributed by atoms with Crippen molar-refractivity contribution in [3.63, 3.8) is 0 Å². The van der Waals surface area contributed by atoms with Crippen LogP contribution in [0.15, 0.2) is 17.6 Å². The Morgan fingerprint density at radius 3 is 2.69 bits per heavy atom. The number of aromatic nitrogens is 2. The summed E-state index contributed by atoms with van der Waals surface area (Å²) in [7, 11) is 2.01. The number of aryl methyl sites for hydroxylation is 1. The molecule has 0 aliphatic carbocycles. The minimum atomic E-state index is 0.622. The van der Waals surface area contributed by atoms with Gasteiger partial charge in [-0.3, -0.25) is 4.99 Å². The number of aliphatic imine (C=N–C) groups is 1. The molecule has 0 aliphatic heterocycles. The highest BCUT2D eigenvalue weighted by Gasteiger charge is 2.05. The maximum absolute atomic E-state index is 4.40. The molecule has 0 bridgehead atoms. The fraction of sp³-hybridized carbons (Fsp3) is 0.400. The maximum atomic E-state index is 4.40. The molecule has 0 unspecified atom stereocenters. The van der Waals surface area contributed by atoms with Crippen LogP contribution in [-0.4, -0.2) is 15.8 Å². The molecular formula is C10H15N3. The quantitative estimate of drug-likeness (QED) is 0.647. The van der Waals surface area contributed by atoms with E-state index in [1.807, 2.05) is 14.0 Å². The second-order valence-electron chi connectivity index (χ2n) is 2.98. The predicted octanol–water partition coefficient (Wildman–Crippen LogP) is 1.79. The second kappa shape index (κ2) is 4.03. The molecule has 0 amide bonds. The number of hydrogen-bond acceptors (Lipinski definition) is 2. The number of hydrogen-bond donors (Lipinski definition) is 0. The minimum absolute atomic E-state index is 0.622. The van der Waals surface area contributed by atoms with Gasteiger partial charge in [-0.05, 0) is 13.8 Å². The van der Waals surface area contributed by atoms with Gasteiger partial charge in [0.05, 0.1) is 12.2 Å². The molecule has 1 rings (SSSR count). The van der Waals surface area contributed by atoms with Crippen molar-refractivity contribution in [1.29, 1.82) is 0 Å². The van der Waals surface area contributed by atoms with Gasteiger partial charge in [0.2, 0.25) is 0 Å². The summed E-state index contributed by atoms with van der Waals surface area (Å²) in [5.41, 5.74) is 2.27. The van der Waals surface area contributed by atoms with Crippen molar-refractivity contribution in [3.05, 3.63) is 29.9 Å². The molecule has 0 spiro atoms. The van der Waals surface area contributed by atoms with E-state index in [0.717, 1.165) is 11.5 Å². The van der Waals surface area contributed by atoms with Gasteiger partial charge in [-0.15, -0.1) is 0 Å². The summed E-state index contributed by atoms with van der Waals surface area (Å²) in [6, 6.07) is 0. The normalized spacial score (nSPS) is 11.0. The van der Waals surface area contributed by atoms with Crippen molar-refractivity contribution >= 4 is 6.21 Å². The van der Waals surface area contributed by atoms with Gasteiger partial charge < -0.3 is 4.57 Å². The van der Waals surface area contributed by atoms with E-state index < -0.39 is 0 Å². The summed E-state index contributed by atoms with van der Waals surface area (Å²) in [5, 5.41) is 0. The average Bonchev–Trinajstić information content (AvgIpc) is 2.34. The van der Waals surface area contributed by atoms with Crippen LogP contribution in [0.25, 0.3) is 0 Å². The Balaban J connectivity index is 2.83. The molecular weight excluding hydrogens is 162 g/mol. The highest BCUT2D eigenvalue weighted by molar-refractivity contribution is 5.69. The van der Waals surface area contributed by atoms with Gasteiger partial charge in [-0.2, -0.15) is 0 Å². The number of allylic oxidation sites excluding steroid dienone is 1. The Labute approximate surface area is 78.8 Å². The van der Waals surface area contributed by atoms with E-state index in [1.54, 1.807) is 12.3 Å². The third-order valence-corrected chi connectivity index (χ3v) is 2.15. The molecule has 1 aromatic rings. The molecule has 0 saturated carbocycles. The topological polar surface area (TPSA) is 30.2 Å². The van der Waals surface area contributed by atoms with Crippen LogP contribution in [0.4, 0.5) is 0 Å². The molecule has 3 nitrogen and oxygen atoms in total. The Hall–Kier alpha value is -1.38. The van der Waals surface area contributed by atoms with Crippen molar-refractivity contribution in [1.82, 2.24) is 9.55 Å². The molecule has 1 heterocycles. The monoisotopic (exact) mass is 177 g/mol. The fourth-order valence-electron chi connectivity index (χ4n) is 1.14. The Morgan fingerprint density at radius 2 is 2.23 bits per heavy atom. The van der Waals surface area contributed by atoms with Crippen molar-refractivity contribution in [2.75, 3.05) is 0 Å². The van der Waals surface area contributed by atoms with E-state index in [1.165, 1.54) is 5.69 Å². The van der Waals surface area contributed by atoms with Crippen molar-refractivity contribution < 1.29 is 0 Å². The highest BCUT2D eigenvalue weighted by atomic mass is 15.1. The largest absolute Gasteiger partial charge is 0.334 e. The molecule has 0 N–H and O–H groups in total. The molecule has 0 aliphatic rings. The lowest BCUT2D eigenvalue weighted by Gasteiger charge is -1.98. The van der Waals surface area contributed by atoms with Crippen molar-refractivity contribution in [2.24, 2.45) is 12.0 Å². The van der Waals surface area contributed by atoms with Crippen LogP contribution < -0.4 is 0 Å². The summed E-state index contributed by atoms with van der Waals surface area (Å²) in [4.78, 5) is 8.55. The molecule has 0 atom stereocenters. The molecule has 13 heavy (non-hydrogen) atoms. The number of nitrogens with zero attached hydrogens (tertiary/aromatic N) is 3. The first-order chi connectivity index (χ1) is 6.16. The van der Waals surface area contributed by atoms with Gasteiger partial charge >= 0.3 is 0 Å². The highest BCUT2D eigenvalue weighted by Crippen LogP contribution is 2.08. The first-order valence-electron chi connectivity index (χ1n) is 4.26. The zero-order valence-electron chi connectivity index (χ0n) is 8.41. The first kappa shape index (κ1) is 9.71. The van der Waals surface area contributed by atoms with E-state index in [-0.39, 0.29) is 0 Å². The van der Waals surface area contributed by atoms with Crippen LogP contribution in [-0.2, 0) is 13.6 Å². The van der Waals surface area contributed by atoms with Gasteiger partial charge in [-0.25, -0.2) is 4.98 Å². The predicted molar refractivity (Wildman–Crippen MR) is 55.1 cm³/mol. The van der Waals surface area contributed by atoms with Gasteiger partial charge in [0, 0.05) is 19.0 Å². The fourth-order valence-corrected chi connectivity index (χ4v) is 1.14. The summed E-state index contributed by atoms with van der Waals surface area (Å²) in [6.07, 6.45) is 3.36. The zero-order chi connectivity index (χ0) is 9.84. The first-order valence-corrected chi connectivity index (χ1v) is 4.26. The molecule has 3 heteroatoms. The third kappa shape index (κ3) is 2.05. The summed E-state index contributed by atoms with van der Waals surface area (Å²) in [5.74, 6) is 0.994. The lowest BCUT2D eigenvalue weighted by atomic mass is 10.4. The van der Waals surface area contributed by atoms with Gasteiger partial charge in [0.15, 0.2) is 0 Å². The standard InChI is InChI=1S/C10H15N3/c1-5-6-11-7-10-12-8(2)9(3)13(10)4/h5-6H,1,7H2,2-4H3/b11-6-. The summed E-state index contributed by atoms with van der Waals surface area (Å²) >= 11 is 0. The average molecular weight is 177 g/mol. The van der Waals surface area contributed by atoms with Crippen LogP contribution in [0.3, 0.4) is 0 Å². The molecule has 0 fully saturated rings. The van der Waals surface area contributed by atoms with E-state index in [2.05, 4.69) is 28.0 Å². The maximum Gasteiger partial charge on any atom is 0.130 e. The van der Waals surface area contributed by atoms with Crippen LogP contribution in [0.1, 0.15) is 17.2 Å². The van der Waals surface area contributed by atoms with E-state index in [4.69, 9.17) is 0 Å². The lowest BCUT2D eigenvalue weighted by Crippen LogP contribution is -1.98. The minimum Gasteiger partial charge on any atom is -0.334 e. The summed E-state index contributed by atoms with van der Waals surface area (Å²) < 4.78 is 2.07. The Bertz CT molecular complexity index is 334. The number of imidazole rings is 1. The molecule has 0 radical (unpaired) electrons. The van der Waals surface area contributed by atoms with Crippen molar-refractivity contribution in [3.8, 4) is 0 Å². The summed E-state index contributed by atoms with van der Waals surface area (Å²) in [6.45, 7) is 8.25. The van der Waals surface area contributed by atoms with Crippen LogP contribution in [0.2, 0.25) is 0 Å². The molecule has 0 saturated heterocycles. The number of rotatable bonds is 3. The smallest absolute Gasteiger partial charge is 0.130 e. The second-order valence-corrected chi connectivity index (χ2v) is 2.98. The van der Waals surface area contributed by atoms with E-state index in [0.29, 0.717) is 6.54 Å². The Morgan fingerprint density at radius 1 is 1.54 bits per heavy atom. The third-order valence-electron chi connectivity index (χ3n) is 2.15. The van der Waals surface area contributed by atoms with Crippen LogP contribution >= 0.6 is 0 Å². The molecule has 70 valence electrons. The van der Waals surface area contributed by atoms with Crippen LogP contribution in [0, 0.1) is 13.8 Å². The Kier molecular flexibility index (Phi) is 3.01. The molecule has 1 aromatic heterocycles. The SMILES string of the molecule is C=C/C=N\Cc1nc(C)c(C)n1C. The molecule has 0 aromatic carbocycles. The van der Waals surface area contributed by atoms with E-state index in [9.17, 15) is 0 Å². The van der Waals surface area contributed by atoms with Crippen molar-refractivity contribution in [2.45, 2.75) is 20.4 Å². The van der Waals surface area contributed by atoms with Crippen LogP contribution in [0.5, 0.6) is 0 Å². The van der Waals surface area contributed by atoms with Gasteiger partial charge in [0.25, 0.3) is 0 Å².